The molecule has 0 atom stereocenters. The van der Waals surface area contributed by atoms with E-state index in [1.165, 1.54) is 0 Å². The van der Waals surface area contributed by atoms with Gasteiger partial charge in [-0.15, -0.1) is 16.7 Å². The number of aromatic nitrogens is 5. The first-order chi connectivity index (χ1) is 7.78. The van der Waals surface area contributed by atoms with Gasteiger partial charge in [-0.2, -0.15) is 5.10 Å². The summed E-state index contributed by atoms with van der Waals surface area (Å²) in [5.74, 6) is 0.662. The average Bonchev–Trinajstić information content (AvgIpc) is 2.86. The highest BCUT2D eigenvalue weighted by molar-refractivity contribution is 6.17. The Labute approximate surface area is 99.0 Å². The third kappa shape index (κ3) is 2.82. The standard InChI is InChI=1S/C10H14ClN5/c1-15-6-9(5-12-15)7-16-8-10(13-14-16)3-2-4-11/h5-6,8H,2-4,7H2,1H3. The Bertz CT molecular complexity index is 448. The molecule has 0 aromatic carbocycles. The van der Waals surface area contributed by atoms with Gasteiger partial charge in [0.05, 0.1) is 18.4 Å². The van der Waals surface area contributed by atoms with Crippen LogP contribution in [0.1, 0.15) is 17.7 Å². The molecule has 0 fully saturated rings. The number of aryl methyl sites for hydroxylation is 2. The van der Waals surface area contributed by atoms with Crippen molar-refractivity contribution in [3.8, 4) is 0 Å². The lowest BCUT2D eigenvalue weighted by Gasteiger charge is -1.95. The molecule has 16 heavy (non-hydrogen) atoms. The minimum absolute atomic E-state index is 0.662. The van der Waals surface area contributed by atoms with Crippen molar-refractivity contribution in [1.29, 1.82) is 0 Å². The molecule has 86 valence electrons. The van der Waals surface area contributed by atoms with Crippen LogP contribution in [-0.2, 0) is 20.0 Å². The lowest BCUT2D eigenvalue weighted by molar-refractivity contribution is 0.648. The monoisotopic (exact) mass is 239 g/mol. The average molecular weight is 240 g/mol. The summed E-state index contributed by atoms with van der Waals surface area (Å²) in [6, 6.07) is 0. The Morgan fingerprint density at radius 1 is 1.38 bits per heavy atom. The Morgan fingerprint density at radius 3 is 2.94 bits per heavy atom. The van der Waals surface area contributed by atoms with E-state index in [-0.39, 0.29) is 0 Å². The van der Waals surface area contributed by atoms with Gasteiger partial charge < -0.3 is 0 Å². The minimum atomic E-state index is 0.662. The second kappa shape index (κ2) is 5.12. The van der Waals surface area contributed by atoms with E-state index in [0.717, 1.165) is 24.1 Å². The van der Waals surface area contributed by atoms with E-state index in [1.54, 1.807) is 4.68 Å². The quantitative estimate of drug-likeness (QED) is 0.738. The maximum Gasteiger partial charge on any atom is 0.0827 e. The number of halogens is 1. The Balaban J connectivity index is 1.97. The van der Waals surface area contributed by atoms with Gasteiger partial charge in [0, 0.05) is 30.9 Å². The fraction of sp³-hybridized carbons (Fsp3) is 0.500. The number of rotatable bonds is 5. The first-order valence-corrected chi connectivity index (χ1v) is 5.74. The molecule has 0 spiro atoms. The first-order valence-electron chi connectivity index (χ1n) is 5.20. The molecule has 5 nitrogen and oxygen atoms in total. The Hall–Kier alpha value is -1.36. The van der Waals surface area contributed by atoms with E-state index >= 15 is 0 Å². The van der Waals surface area contributed by atoms with Gasteiger partial charge in [0.25, 0.3) is 0 Å². The van der Waals surface area contributed by atoms with E-state index in [0.29, 0.717) is 12.4 Å². The third-order valence-electron chi connectivity index (χ3n) is 2.26. The number of alkyl halides is 1. The molecule has 2 aromatic rings. The lowest BCUT2D eigenvalue weighted by atomic mass is 10.3. The molecule has 0 radical (unpaired) electrons. The van der Waals surface area contributed by atoms with Gasteiger partial charge in [0.1, 0.15) is 0 Å². The van der Waals surface area contributed by atoms with Crippen molar-refractivity contribution in [2.45, 2.75) is 19.4 Å². The van der Waals surface area contributed by atoms with Crippen LogP contribution in [0.4, 0.5) is 0 Å². The largest absolute Gasteiger partial charge is 0.275 e. The third-order valence-corrected chi connectivity index (χ3v) is 2.52. The molecule has 0 aliphatic carbocycles. The summed E-state index contributed by atoms with van der Waals surface area (Å²) in [5.41, 5.74) is 2.11. The van der Waals surface area contributed by atoms with Crippen molar-refractivity contribution in [3.63, 3.8) is 0 Å². The summed E-state index contributed by atoms with van der Waals surface area (Å²) in [6.07, 6.45) is 7.59. The van der Waals surface area contributed by atoms with Crippen LogP contribution in [-0.4, -0.2) is 30.7 Å². The lowest BCUT2D eigenvalue weighted by Crippen LogP contribution is -1.99. The summed E-state index contributed by atoms with van der Waals surface area (Å²) >= 11 is 5.62. The van der Waals surface area contributed by atoms with Crippen molar-refractivity contribution in [1.82, 2.24) is 24.8 Å². The van der Waals surface area contributed by atoms with Crippen molar-refractivity contribution in [2.24, 2.45) is 7.05 Å². The highest BCUT2D eigenvalue weighted by atomic mass is 35.5. The number of hydrogen-bond donors (Lipinski definition) is 0. The topological polar surface area (TPSA) is 48.5 Å². The predicted molar refractivity (Wildman–Crippen MR) is 61.4 cm³/mol. The van der Waals surface area contributed by atoms with Crippen LogP contribution in [0.3, 0.4) is 0 Å². The van der Waals surface area contributed by atoms with Crippen LogP contribution in [0.2, 0.25) is 0 Å². The molecule has 0 N–H and O–H groups in total. The Morgan fingerprint density at radius 2 is 2.25 bits per heavy atom. The molecule has 0 bridgehead atoms. The van der Waals surface area contributed by atoms with Crippen LogP contribution in [0.5, 0.6) is 0 Å². The minimum Gasteiger partial charge on any atom is -0.275 e. The van der Waals surface area contributed by atoms with E-state index in [9.17, 15) is 0 Å². The van der Waals surface area contributed by atoms with Crippen LogP contribution in [0, 0.1) is 0 Å². The zero-order valence-electron chi connectivity index (χ0n) is 9.17. The van der Waals surface area contributed by atoms with Crippen LogP contribution in [0.25, 0.3) is 0 Å². The molecule has 6 heteroatoms. The van der Waals surface area contributed by atoms with Gasteiger partial charge in [-0.3, -0.25) is 4.68 Å². The highest BCUT2D eigenvalue weighted by Gasteiger charge is 2.02. The molecule has 0 amide bonds. The Kier molecular flexibility index (Phi) is 3.56. The maximum atomic E-state index is 5.62. The van der Waals surface area contributed by atoms with Gasteiger partial charge in [0.15, 0.2) is 0 Å². The van der Waals surface area contributed by atoms with Crippen LogP contribution >= 0.6 is 11.6 Å². The fourth-order valence-corrected chi connectivity index (χ4v) is 1.65. The molecule has 0 saturated heterocycles. The van der Waals surface area contributed by atoms with Crippen LogP contribution in [0.15, 0.2) is 18.6 Å². The molecule has 2 rings (SSSR count). The van der Waals surface area contributed by atoms with Gasteiger partial charge >= 0.3 is 0 Å². The second-order valence-electron chi connectivity index (χ2n) is 3.72. The zero-order valence-corrected chi connectivity index (χ0v) is 9.93. The van der Waals surface area contributed by atoms with Gasteiger partial charge in [0.2, 0.25) is 0 Å². The number of hydrogen-bond acceptors (Lipinski definition) is 3. The summed E-state index contributed by atoms with van der Waals surface area (Å²) in [6.45, 7) is 0.710. The highest BCUT2D eigenvalue weighted by Crippen LogP contribution is 2.03. The molecular formula is C10H14ClN5. The normalized spacial score (nSPS) is 10.9. The summed E-state index contributed by atoms with van der Waals surface area (Å²) in [4.78, 5) is 0. The zero-order chi connectivity index (χ0) is 11.4. The fourth-order valence-electron chi connectivity index (χ4n) is 1.52. The van der Waals surface area contributed by atoms with Crippen molar-refractivity contribution < 1.29 is 0 Å². The van der Waals surface area contributed by atoms with Crippen molar-refractivity contribution >= 4 is 11.6 Å². The molecule has 0 saturated carbocycles. The van der Waals surface area contributed by atoms with Gasteiger partial charge in [-0.05, 0) is 12.8 Å². The first kappa shape index (κ1) is 11.1. The summed E-state index contributed by atoms with van der Waals surface area (Å²) < 4.78 is 3.60. The van der Waals surface area contributed by atoms with Crippen molar-refractivity contribution in [3.05, 3.63) is 29.8 Å². The molecular weight excluding hydrogens is 226 g/mol. The van der Waals surface area contributed by atoms with Gasteiger partial charge in [-0.25, -0.2) is 4.68 Å². The van der Waals surface area contributed by atoms with E-state index in [1.807, 2.05) is 30.3 Å². The SMILES string of the molecule is Cn1cc(Cn2cc(CCCCl)nn2)cn1. The molecule has 2 aromatic heterocycles. The second-order valence-corrected chi connectivity index (χ2v) is 4.10. The molecule has 0 aliphatic rings. The van der Waals surface area contributed by atoms with Crippen LogP contribution < -0.4 is 0 Å². The predicted octanol–water partition coefficient (Wildman–Crippen LogP) is 1.23. The summed E-state index contributed by atoms with van der Waals surface area (Å²) in [5, 5.41) is 12.3. The van der Waals surface area contributed by atoms with Gasteiger partial charge in [-0.1, -0.05) is 5.21 Å². The smallest absolute Gasteiger partial charge is 0.0827 e. The molecule has 0 unspecified atom stereocenters. The summed E-state index contributed by atoms with van der Waals surface area (Å²) in [7, 11) is 1.90. The van der Waals surface area contributed by atoms with Crippen molar-refractivity contribution in [2.75, 3.05) is 5.88 Å². The maximum absolute atomic E-state index is 5.62. The molecule has 2 heterocycles. The number of nitrogens with zero attached hydrogens (tertiary/aromatic N) is 5. The van der Waals surface area contributed by atoms with E-state index in [4.69, 9.17) is 11.6 Å². The molecule has 0 aliphatic heterocycles. The van der Waals surface area contributed by atoms with E-state index in [2.05, 4.69) is 15.4 Å². The van der Waals surface area contributed by atoms with E-state index < -0.39 is 0 Å².